The van der Waals surface area contributed by atoms with E-state index in [1.54, 1.807) is 12.1 Å². The monoisotopic (exact) mass is 267 g/mol. The van der Waals surface area contributed by atoms with Crippen molar-refractivity contribution >= 4 is 0 Å². The molecule has 0 atom stereocenters. The molecule has 1 aromatic rings. The van der Waals surface area contributed by atoms with Crippen LogP contribution in [0.4, 0.5) is 8.78 Å². The number of benzene rings is 1. The van der Waals surface area contributed by atoms with Crippen molar-refractivity contribution in [3.8, 4) is 0 Å². The molecule has 1 fully saturated rings. The first-order valence-electron chi connectivity index (χ1n) is 6.84. The molecule has 1 saturated carbocycles. The Morgan fingerprint density at radius 1 is 1.05 bits per heavy atom. The molecular formula is C16H23F2N. The third-order valence-electron chi connectivity index (χ3n) is 5.23. The number of nitrogens with one attached hydrogen (secondary N) is 1. The van der Waals surface area contributed by atoms with Crippen LogP contribution >= 0.6 is 0 Å². The highest BCUT2D eigenvalue weighted by molar-refractivity contribution is 5.23. The summed E-state index contributed by atoms with van der Waals surface area (Å²) in [5.74, 6) is 0.681. The molecule has 1 N–H and O–H groups in total. The van der Waals surface area contributed by atoms with Gasteiger partial charge in [0.1, 0.15) is 0 Å². The zero-order chi connectivity index (χ0) is 14.3. The van der Waals surface area contributed by atoms with E-state index in [1.165, 1.54) is 12.1 Å². The number of alkyl halides is 2. The van der Waals surface area contributed by atoms with Crippen LogP contribution in [0.2, 0.25) is 0 Å². The van der Waals surface area contributed by atoms with Crippen molar-refractivity contribution in [3.63, 3.8) is 0 Å². The molecule has 106 valence electrons. The highest BCUT2D eigenvalue weighted by Gasteiger charge is 2.63. The molecule has 2 rings (SSSR count). The fourth-order valence-corrected chi connectivity index (χ4v) is 2.99. The topological polar surface area (TPSA) is 12.0 Å². The molecule has 1 aromatic carbocycles. The van der Waals surface area contributed by atoms with Crippen molar-refractivity contribution in [2.24, 2.45) is 16.7 Å². The number of hydrogen-bond donors (Lipinski definition) is 1. The Morgan fingerprint density at radius 2 is 1.58 bits per heavy atom. The number of hydrogen-bond acceptors (Lipinski definition) is 1. The summed E-state index contributed by atoms with van der Waals surface area (Å²) in [6.45, 7) is 10.9. The maximum absolute atomic E-state index is 12.4. The zero-order valence-corrected chi connectivity index (χ0v) is 12.1. The van der Waals surface area contributed by atoms with Gasteiger partial charge in [-0.15, -0.1) is 0 Å². The summed E-state index contributed by atoms with van der Waals surface area (Å²) in [5.41, 5.74) is 1.92. The van der Waals surface area contributed by atoms with Gasteiger partial charge in [-0.1, -0.05) is 52.0 Å². The van der Waals surface area contributed by atoms with E-state index in [9.17, 15) is 8.78 Å². The highest BCUT2D eigenvalue weighted by atomic mass is 19.3. The van der Waals surface area contributed by atoms with E-state index in [2.05, 4.69) is 33.0 Å². The van der Waals surface area contributed by atoms with Crippen molar-refractivity contribution in [1.82, 2.24) is 5.32 Å². The second-order valence-electron chi connectivity index (χ2n) is 6.67. The quantitative estimate of drug-likeness (QED) is 0.834. The summed E-state index contributed by atoms with van der Waals surface area (Å²) < 4.78 is 24.8. The van der Waals surface area contributed by atoms with Crippen LogP contribution in [0, 0.1) is 16.7 Å². The molecule has 1 aliphatic rings. The van der Waals surface area contributed by atoms with Gasteiger partial charge in [-0.25, -0.2) is 8.78 Å². The van der Waals surface area contributed by atoms with Crippen LogP contribution in [-0.4, -0.2) is 6.54 Å². The van der Waals surface area contributed by atoms with Gasteiger partial charge in [0.25, 0.3) is 6.43 Å². The van der Waals surface area contributed by atoms with Crippen molar-refractivity contribution in [2.45, 2.75) is 40.7 Å². The summed E-state index contributed by atoms with van der Waals surface area (Å²) in [5, 5.41) is 3.44. The van der Waals surface area contributed by atoms with Gasteiger partial charge in [0, 0.05) is 12.1 Å². The fraction of sp³-hybridized carbons (Fsp3) is 0.625. The summed E-state index contributed by atoms with van der Waals surface area (Å²) >= 11 is 0. The molecule has 0 saturated heterocycles. The predicted molar refractivity (Wildman–Crippen MR) is 74.2 cm³/mol. The Kier molecular flexibility index (Phi) is 3.69. The number of rotatable bonds is 5. The minimum absolute atomic E-state index is 0.0909. The Hall–Kier alpha value is -0.960. The maximum atomic E-state index is 12.4. The van der Waals surface area contributed by atoms with Crippen LogP contribution in [0.15, 0.2) is 24.3 Å². The van der Waals surface area contributed by atoms with Crippen molar-refractivity contribution in [2.75, 3.05) is 6.54 Å². The van der Waals surface area contributed by atoms with Crippen LogP contribution < -0.4 is 5.32 Å². The molecule has 0 amide bonds. The molecule has 3 heteroatoms. The Balaban J connectivity index is 1.81. The van der Waals surface area contributed by atoms with Crippen LogP contribution in [0.25, 0.3) is 0 Å². The van der Waals surface area contributed by atoms with Crippen LogP contribution in [-0.2, 0) is 6.54 Å². The largest absolute Gasteiger partial charge is 0.312 e. The van der Waals surface area contributed by atoms with Crippen molar-refractivity contribution < 1.29 is 8.78 Å². The van der Waals surface area contributed by atoms with Gasteiger partial charge < -0.3 is 5.32 Å². The number of halogens is 2. The molecule has 0 aliphatic heterocycles. The first-order valence-corrected chi connectivity index (χ1v) is 6.84. The lowest BCUT2D eigenvalue weighted by Gasteiger charge is -2.07. The lowest BCUT2D eigenvalue weighted by atomic mass is 10.0. The smallest absolute Gasteiger partial charge is 0.263 e. The Morgan fingerprint density at radius 3 is 2.00 bits per heavy atom. The molecule has 1 aliphatic carbocycles. The van der Waals surface area contributed by atoms with Crippen LogP contribution in [0.3, 0.4) is 0 Å². The first-order chi connectivity index (χ1) is 8.76. The van der Waals surface area contributed by atoms with Gasteiger partial charge in [0.15, 0.2) is 0 Å². The summed E-state index contributed by atoms with van der Waals surface area (Å²) in [4.78, 5) is 0. The summed E-state index contributed by atoms with van der Waals surface area (Å²) in [7, 11) is 0. The predicted octanol–water partition coefficient (Wildman–Crippen LogP) is 4.40. The van der Waals surface area contributed by atoms with Crippen LogP contribution in [0.5, 0.6) is 0 Å². The molecule has 0 heterocycles. The maximum Gasteiger partial charge on any atom is 0.263 e. The van der Waals surface area contributed by atoms with Gasteiger partial charge in [-0.05, 0) is 28.9 Å². The Bertz CT molecular complexity index is 421. The average Bonchev–Trinajstić information content (AvgIpc) is 2.72. The van der Waals surface area contributed by atoms with Gasteiger partial charge in [0.05, 0.1) is 0 Å². The van der Waals surface area contributed by atoms with E-state index in [-0.39, 0.29) is 5.56 Å². The SMILES string of the molecule is CC1(C)C(CNCc2ccc(C(F)F)cc2)C1(C)C. The van der Waals surface area contributed by atoms with Gasteiger partial charge in [0.2, 0.25) is 0 Å². The third-order valence-corrected chi connectivity index (χ3v) is 5.23. The van der Waals surface area contributed by atoms with Crippen LogP contribution in [0.1, 0.15) is 45.2 Å². The second-order valence-corrected chi connectivity index (χ2v) is 6.67. The lowest BCUT2D eigenvalue weighted by molar-refractivity contribution is 0.151. The molecule has 0 aromatic heterocycles. The second kappa shape index (κ2) is 4.86. The van der Waals surface area contributed by atoms with Crippen molar-refractivity contribution in [3.05, 3.63) is 35.4 Å². The molecule has 1 nitrogen and oxygen atoms in total. The highest BCUT2D eigenvalue weighted by Crippen LogP contribution is 2.67. The average molecular weight is 267 g/mol. The van der Waals surface area contributed by atoms with Gasteiger partial charge in [-0.2, -0.15) is 0 Å². The third kappa shape index (κ3) is 2.66. The van der Waals surface area contributed by atoms with Crippen molar-refractivity contribution in [1.29, 1.82) is 0 Å². The fourth-order valence-electron chi connectivity index (χ4n) is 2.99. The minimum Gasteiger partial charge on any atom is -0.312 e. The first kappa shape index (κ1) is 14.4. The summed E-state index contributed by atoms with van der Waals surface area (Å²) in [6.07, 6.45) is -2.38. The van der Waals surface area contributed by atoms with E-state index >= 15 is 0 Å². The molecule has 0 bridgehead atoms. The minimum atomic E-state index is -2.38. The molecule has 19 heavy (non-hydrogen) atoms. The van der Waals surface area contributed by atoms with E-state index in [4.69, 9.17) is 0 Å². The normalized spacial score (nSPS) is 20.8. The van der Waals surface area contributed by atoms with Gasteiger partial charge in [-0.3, -0.25) is 0 Å². The van der Waals surface area contributed by atoms with E-state index in [1.807, 2.05) is 0 Å². The zero-order valence-electron chi connectivity index (χ0n) is 12.1. The van der Waals surface area contributed by atoms with E-state index < -0.39 is 6.43 Å². The molecule has 0 spiro atoms. The standard InChI is InChI=1S/C16H23F2N/c1-15(2)13(16(15,3)4)10-19-9-11-5-7-12(8-6-11)14(17)18/h5-8,13-14,19H,9-10H2,1-4H3. The molecule has 0 unspecified atom stereocenters. The van der Waals surface area contributed by atoms with E-state index in [0.29, 0.717) is 16.7 Å². The van der Waals surface area contributed by atoms with E-state index in [0.717, 1.165) is 18.7 Å². The molecular weight excluding hydrogens is 244 g/mol. The summed E-state index contributed by atoms with van der Waals surface area (Å²) in [6, 6.07) is 6.56. The Labute approximate surface area is 114 Å². The lowest BCUT2D eigenvalue weighted by Crippen LogP contribution is -2.18. The molecule has 0 radical (unpaired) electrons. The van der Waals surface area contributed by atoms with Gasteiger partial charge >= 0.3 is 0 Å².